The molecule has 6 aromatic carbocycles. The maximum atomic E-state index is 17.2. The Hall–Kier alpha value is -8.17. The van der Waals surface area contributed by atoms with E-state index in [1.54, 1.807) is 36.9 Å². The van der Waals surface area contributed by atoms with Crippen molar-refractivity contribution >= 4 is 39.7 Å². The maximum Gasteiger partial charge on any atom is 0.198 e. The van der Waals surface area contributed by atoms with E-state index < -0.39 is 12.1 Å². The van der Waals surface area contributed by atoms with Gasteiger partial charge in [-0.05, 0) is 82.6 Å². The molecule has 0 fully saturated rings. The van der Waals surface area contributed by atoms with Crippen LogP contribution in [0.2, 0.25) is 0 Å². The molecule has 0 radical (unpaired) electrons. The zero-order valence-corrected chi connectivity index (χ0v) is 37.2. The molecule has 0 aliphatic carbocycles. The zero-order chi connectivity index (χ0) is 45.7. The van der Waals surface area contributed by atoms with Crippen LogP contribution in [0.3, 0.4) is 0 Å². The molecule has 0 amide bonds. The van der Waals surface area contributed by atoms with E-state index in [0.717, 1.165) is 35.4 Å². The fraction of sp³-hybridized carbons (Fsp3) is 0.136. The standard InChI is InChI=1S/C59H46F2N6O/c60-47-23-11-13-25-51(47)66-49-27-31-62-35-45(49)53(57(55(66)41-17-3-1-4-18-41)64-33-29-39-15-7-9-21-43(39)37-64)59(68)54-46-36-63-32-28-50(46)67(52-26-14-12-24-48(52)61)56(42-19-5-2-6-20-42)58(54)65-34-30-40-16-8-10-22-44(40)38-65/h1-28,31-32,35-36,55-56H,29-30,33-34,37-38H2. The molecule has 7 nitrogen and oxygen atoms in total. The number of nitrogens with zero attached hydrogens (tertiary/aromatic N) is 6. The summed E-state index contributed by atoms with van der Waals surface area (Å²) in [6, 6.07) is 53.4. The molecule has 0 saturated carbocycles. The van der Waals surface area contributed by atoms with Gasteiger partial charge in [0.2, 0.25) is 0 Å². The largest absolute Gasteiger partial charge is 0.368 e. The van der Waals surface area contributed by atoms with Crippen molar-refractivity contribution < 1.29 is 13.6 Å². The van der Waals surface area contributed by atoms with Crippen molar-refractivity contribution in [2.75, 3.05) is 22.9 Å². The predicted octanol–water partition coefficient (Wildman–Crippen LogP) is 12.3. The highest BCUT2D eigenvalue weighted by Crippen LogP contribution is 2.56. The van der Waals surface area contributed by atoms with Crippen LogP contribution < -0.4 is 9.80 Å². The number of fused-ring (bicyclic) bond motifs is 4. The number of halogens is 2. The van der Waals surface area contributed by atoms with Crippen LogP contribution >= 0.6 is 0 Å². The number of rotatable bonds is 8. The first-order valence-corrected chi connectivity index (χ1v) is 23.3. The summed E-state index contributed by atoms with van der Waals surface area (Å²) in [4.78, 5) is 35.5. The second kappa shape index (κ2) is 17.2. The summed E-state index contributed by atoms with van der Waals surface area (Å²) in [5, 5.41) is 0. The van der Waals surface area contributed by atoms with Crippen LogP contribution in [-0.4, -0.2) is 38.6 Å². The van der Waals surface area contributed by atoms with Gasteiger partial charge in [-0.25, -0.2) is 8.78 Å². The lowest BCUT2D eigenvalue weighted by molar-refractivity contribution is -0.109. The molecule has 0 spiro atoms. The van der Waals surface area contributed by atoms with Gasteiger partial charge in [0, 0.05) is 62.1 Å². The quantitative estimate of drug-likeness (QED) is 0.151. The summed E-state index contributed by atoms with van der Waals surface area (Å²) in [5.74, 6) is -0.966. The average molecular weight is 893 g/mol. The van der Waals surface area contributed by atoms with Gasteiger partial charge >= 0.3 is 0 Å². The van der Waals surface area contributed by atoms with E-state index in [4.69, 9.17) is 9.97 Å². The van der Waals surface area contributed by atoms with Crippen molar-refractivity contribution in [3.63, 3.8) is 0 Å². The lowest BCUT2D eigenvalue weighted by Crippen LogP contribution is -2.43. The lowest BCUT2D eigenvalue weighted by Gasteiger charge is -2.48. The maximum absolute atomic E-state index is 17.2. The Morgan fingerprint density at radius 3 is 1.25 bits per heavy atom. The van der Waals surface area contributed by atoms with E-state index in [2.05, 4.69) is 82.6 Å². The molecule has 12 rings (SSSR count). The van der Waals surface area contributed by atoms with Gasteiger partial charge in [-0.15, -0.1) is 0 Å². The summed E-state index contributed by atoms with van der Waals surface area (Å²) >= 11 is 0. The monoisotopic (exact) mass is 892 g/mol. The number of anilines is 4. The van der Waals surface area contributed by atoms with Gasteiger partial charge in [0.15, 0.2) is 5.78 Å². The van der Waals surface area contributed by atoms with Crippen molar-refractivity contribution in [3.05, 3.63) is 262 Å². The van der Waals surface area contributed by atoms with Crippen LogP contribution in [0.25, 0.3) is 11.1 Å². The Kier molecular flexibility index (Phi) is 10.5. The van der Waals surface area contributed by atoms with Crippen LogP contribution in [0.5, 0.6) is 0 Å². The summed E-state index contributed by atoms with van der Waals surface area (Å²) in [6.07, 6.45) is 8.47. The van der Waals surface area contributed by atoms with Gasteiger partial charge in [-0.1, -0.05) is 133 Å². The summed E-state index contributed by atoms with van der Waals surface area (Å²) in [6.45, 7) is 2.31. The van der Waals surface area contributed by atoms with Crippen molar-refractivity contribution in [1.29, 1.82) is 0 Å². The van der Waals surface area contributed by atoms with Gasteiger partial charge in [-0.3, -0.25) is 14.8 Å². The number of benzene rings is 6. The summed E-state index contributed by atoms with van der Waals surface area (Å²) in [7, 11) is 0. The van der Waals surface area contributed by atoms with E-state index in [1.165, 1.54) is 34.4 Å². The molecule has 0 N–H and O–H groups in total. The third-order valence-electron chi connectivity index (χ3n) is 14.1. The third kappa shape index (κ3) is 6.96. The van der Waals surface area contributed by atoms with Crippen molar-refractivity contribution in [2.24, 2.45) is 0 Å². The number of allylic oxidation sites excluding steroid dienone is 2. The number of hydrogen-bond acceptors (Lipinski definition) is 7. The Bertz CT molecular complexity index is 3080. The second-order valence-electron chi connectivity index (χ2n) is 17.8. The number of ketones is 1. The SMILES string of the molecule is O=C(C1=C(N2CCc3ccccc3C2)C(c2ccccc2)N(c2ccccc2F)c2ccncc21)C1=C(N2CCc3ccccc3C2)C(c2ccccc2)N(c2ccccc2F)c2ccncc21. The number of para-hydroxylation sites is 2. The molecular formula is C59H46F2N6O. The van der Waals surface area contributed by atoms with Gasteiger partial charge in [0.1, 0.15) is 23.7 Å². The highest BCUT2D eigenvalue weighted by molar-refractivity contribution is 6.45. The molecule has 9 heteroatoms. The molecule has 6 heterocycles. The molecule has 8 aromatic rings. The Morgan fingerprint density at radius 1 is 0.441 bits per heavy atom. The topological polar surface area (TPSA) is 55.8 Å². The second-order valence-corrected chi connectivity index (χ2v) is 17.8. The fourth-order valence-corrected chi connectivity index (χ4v) is 11.0. The number of carbonyl (C=O) groups excluding carboxylic acids is 1. The highest BCUT2D eigenvalue weighted by atomic mass is 19.1. The minimum Gasteiger partial charge on any atom is -0.368 e. The summed E-state index contributed by atoms with van der Waals surface area (Å²) < 4.78 is 33.2. The Balaban J connectivity index is 1.20. The minimum atomic E-state index is -0.644. The van der Waals surface area contributed by atoms with Gasteiger partial charge in [0.05, 0.1) is 45.3 Å². The highest BCUT2D eigenvalue weighted by Gasteiger charge is 2.47. The average Bonchev–Trinajstić information content (AvgIpc) is 3.40. The van der Waals surface area contributed by atoms with Crippen molar-refractivity contribution in [3.8, 4) is 0 Å². The zero-order valence-electron chi connectivity index (χ0n) is 37.2. The smallest absolute Gasteiger partial charge is 0.198 e. The van der Waals surface area contributed by atoms with Gasteiger partial charge in [0.25, 0.3) is 0 Å². The van der Waals surface area contributed by atoms with E-state index in [9.17, 15) is 0 Å². The van der Waals surface area contributed by atoms with Crippen LogP contribution in [0.4, 0.5) is 31.5 Å². The molecule has 0 saturated heterocycles. The molecule has 4 aliphatic rings. The van der Waals surface area contributed by atoms with Gasteiger partial charge in [-0.2, -0.15) is 0 Å². The number of Topliss-reactive ketones (excluding diaryl/α,β-unsaturated/α-hetero) is 1. The minimum absolute atomic E-state index is 0.209. The van der Waals surface area contributed by atoms with E-state index in [0.29, 0.717) is 71.2 Å². The first kappa shape index (κ1) is 41.3. The first-order valence-electron chi connectivity index (χ1n) is 23.3. The molecule has 4 aliphatic heterocycles. The number of carbonyl (C=O) groups is 1. The van der Waals surface area contributed by atoms with Crippen molar-refractivity contribution in [1.82, 2.24) is 19.8 Å². The predicted molar refractivity (Wildman–Crippen MR) is 264 cm³/mol. The molecule has 2 atom stereocenters. The molecule has 68 heavy (non-hydrogen) atoms. The number of hydrogen-bond donors (Lipinski definition) is 0. The molecule has 332 valence electrons. The molecular weight excluding hydrogens is 847 g/mol. The van der Waals surface area contributed by atoms with Gasteiger partial charge < -0.3 is 19.6 Å². The summed E-state index contributed by atoms with van der Waals surface area (Å²) in [5.41, 5.74) is 12.4. The van der Waals surface area contributed by atoms with Crippen molar-refractivity contribution in [2.45, 2.75) is 38.0 Å². The fourth-order valence-electron chi connectivity index (χ4n) is 11.0. The van der Waals surface area contributed by atoms with Crippen LogP contribution in [-0.2, 0) is 30.7 Å². The van der Waals surface area contributed by atoms with E-state index in [-0.39, 0.29) is 17.4 Å². The first-order chi connectivity index (χ1) is 33.5. The van der Waals surface area contributed by atoms with Crippen LogP contribution in [0, 0.1) is 11.6 Å². The normalized spacial score (nSPS) is 17.6. The van der Waals surface area contributed by atoms with E-state index in [1.807, 2.05) is 82.6 Å². The van der Waals surface area contributed by atoms with E-state index >= 15 is 13.6 Å². The molecule has 2 unspecified atom stereocenters. The number of pyridine rings is 2. The molecule has 0 bridgehead atoms. The lowest BCUT2D eigenvalue weighted by atomic mass is 9.79. The Labute approximate surface area is 394 Å². The van der Waals surface area contributed by atoms with Crippen LogP contribution in [0.15, 0.2) is 206 Å². The Morgan fingerprint density at radius 2 is 0.824 bits per heavy atom. The number of aromatic nitrogens is 2. The molecule has 2 aromatic heterocycles. The van der Waals surface area contributed by atoms with Crippen LogP contribution in [0.1, 0.15) is 56.6 Å². The third-order valence-corrected chi connectivity index (χ3v) is 14.1.